The molecule has 6 nitrogen and oxygen atoms in total. The Balaban J connectivity index is 1.71. The van der Waals surface area contributed by atoms with E-state index >= 15 is 0 Å². The van der Waals surface area contributed by atoms with Crippen LogP contribution in [0.2, 0.25) is 0 Å². The van der Waals surface area contributed by atoms with Crippen molar-refractivity contribution in [3.05, 3.63) is 60.3 Å². The monoisotopic (exact) mass is 358 g/mol. The molecule has 0 aliphatic carbocycles. The zero-order valence-electron chi connectivity index (χ0n) is 13.9. The van der Waals surface area contributed by atoms with Crippen molar-refractivity contribution in [2.45, 2.75) is 13.5 Å². The van der Waals surface area contributed by atoms with Crippen molar-refractivity contribution in [3.8, 4) is 5.75 Å². The van der Waals surface area contributed by atoms with E-state index in [1.165, 1.54) is 0 Å². The molecular weight excluding hydrogens is 340 g/mol. The number of nitrogens with one attached hydrogen (secondary N) is 1. The standard InChI is InChI=1S/C18H18N2O4S/c1-13-11-14-5-3-4-6-17(14)20(13)12-18(21)24-16-9-7-15(8-10-16)19-25(2,22)23/h3-11,19H,12H2,1-2H3. The summed E-state index contributed by atoms with van der Waals surface area (Å²) < 4.78 is 32.0. The van der Waals surface area contributed by atoms with Crippen LogP contribution in [0.25, 0.3) is 10.9 Å². The highest BCUT2D eigenvalue weighted by atomic mass is 32.2. The number of esters is 1. The molecule has 130 valence electrons. The van der Waals surface area contributed by atoms with Gasteiger partial charge in [0.25, 0.3) is 0 Å². The van der Waals surface area contributed by atoms with Gasteiger partial charge in [-0.15, -0.1) is 0 Å². The first-order valence-corrected chi connectivity index (χ1v) is 9.54. The molecule has 25 heavy (non-hydrogen) atoms. The number of para-hydroxylation sites is 1. The van der Waals surface area contributed by atoms with Gasteiger partial charge in [-0.3, -0.25) is 4.72 Å². The molecular formula is C18H18N2O4S. The van der Waals surface area contributed by atoms with Crippen LogP contribution >= 0.6 is 0 Å². The maximum atomic E-state index is 12.2. The summed E-state index contributed by atoms with van der Waals surface area (Å²) in [7, 11) is -3.33. The van der Waals surface area contributed by atoms with Crippen LogP contribution in [0, 0.1) is 6.92 Å². The van der Waals surface area contributed by atoms with Crippen molar-refractivity contribution in [2.75, 3.05) is 11.0 Å². The second-order valence-electron chi connectivity index (χ2n) is 5.80. The third kappa shape index (κ3) is 4.19. The molecule has 3 aromatic rings. The number of hydrogen-bond donors (Lipinski definition) is 1. The highest BCUT2D eigenvalue weighted by Gasteiger charge is 2.11. The number of sulfonamides is 1. The second kappa shape index (κ2) is 6.60. The highest BCUT2D eigenvalue weighted by Crippen LogP contribution is 2.20. The average molecular weight is 358 g/mol. The number of benzene rings is 2. The molecule has 0 atom stereocenters. The number of aryl methyl sites for hydroxylation is 1. The maximum Gasteiger partial charge on any atom is 0.331 e. The minimum atomic E-state index is -3.33. The van der Waals surface area contributed by atoms with Crippen molar-refractivity contribution in [2.24, 2.45) is 0 Å². The van der Waals surface area contributed by atoms with E-state index in [-0.39, 0.29) is 6.54 Å². The van der Waals surface area contributed by atoms with Crippen LogP contribution in [0.5, 0.6) is 5.75 Å². The minimum absolute atomic E-state index is 0.0999. The zero-order chi connectivity index (χ0) is 18.0. The smallest absolute Gasteiger partial charge is 0.331 e. The van der Waals surface area contributed by atoms with Gasteiger partial charge >= 0.3 is 5.97 Å². The molecule has 0 aliphatic heterocycles. The summed E-state index contributed by atoms with van der Waals surface area (Å²) in [4.78, 5) is 12.2. The van der Waals surface area contributed by atoms with E-state index < -0.39 is 16.0 Å². The Morgan fingerprint density at radius 2 is 1.80 bits per heavy atom. The van der Waals surface area contributed by atoms with E-state index in [9.17, 15) is 13.2 Å². The molecule has 0 saturated heterocycles. The lowest BCUT2D eigenvalue weighted by atomic mass is 10.2. The Morgan fingerprint density at radius 1 is 1.12 bits per heavy atom. The number of ether oxygens (including phenoxy) is 1. The largest absolute Gasteiger partial charge is 0.425 e. The number of aromatic nitrogens is 1. The van der Waals surface area contributed by atoms with Crippen LogP contribution in [0.4, 0.5) is 5.69 Å². The van der Waals surface area contributed by atoms with Crippen molar-refractivity contribution in [1.29, 1.82) is 0 Å². The van der Waals surface area contributed by atoms with Gasteiger partial charge in [-0.05, 0) is 48.7 Å². The van der Waals surface area contributed by atoms with Crippen molar-refractivity contribution in [1.82, 2.24) is 4.57 Å². The van der Waals surface area contributed by atoms with Crippen LogP contribution in [-0.2, 0) is 21.4 Å². The van der Waals surface area contributed by atoms with Crippen LogP contribution < -0.4 is 9.46 Å². The molecule has 0 aliphatic rings. The first-order chi connectivity index (χ1) is 11.8. The molecule has 1 aromatic heterocycles. The first kappa shape index (κ1) is 17.0. The lowest BCUT2D eigenvalue weighted by Crippen LogP contribution is -2.17. The van der Waals surface area contributed by atoms with Gasteiger partial charge in [0.05, 0.1) is 6.26 Å². The third-order valence-electron chi connectivity index (χ3n) is 3.69. The van der Waals surface area contributed by atoms with Crippen molar-refractivity contribution in [3.63, 3.8) is 0 Å². The summed E-state index contributed by atoms with van der Waals surface area (Å²) in [5.41, 5.74) is 2.37. The molecule has 0 unspecified atom stereocenters. The van der Waals surface area contributed by atoms with Gasteiger partial charge in [0.2, 0.25) is 10.0 Å². The summed E-state index contributed by atoms with van der Waals surface area (Å²) in [6.45, 7) is 2.04. The SMILES string of the molecule is Cc1cc2ccccc2n1CC(=O)Oc1ccc(NS(C)(=O)=O)cc1. The van der Waals surface area contributed by atoms with Gasteiger partial charge in [-0.1, -0.05) is 18.2 Å². The predicted octanol–water partition coefficient (Wildman–Crippen LogP) is 2.93. The van der Waals surface area contributed by atoms with Gasteiger partial charge in [0, 0.05) is 16.9 Å². The quantitative estimate of drug-likeness (QED) is 0.562. The summed E-state index contributed by atoms with van der Waals surface area (Å²) >= 11 is 0. The molecule has 2 aromatic carbocycles. The van der Waals surface area contributed by atoms with Crippen LogP contribution in [0.1, 0.15) is 5.69 Å². The summed E-state index contributed by atoms with van der Waals surface area (Å²) in [5, 5.41) is 1.07. The topological polar surface area (TPSA) is 77.4 Å². The Bertz CT molecular complexity index is 1020. The summed E-state index contributed by atoms with van der Waals surface area (Å²) in [5.74, 6) is -0.0357. The fraction of sp³-hybridized carbons (Fsp3) is 0.167. The molecule has 0 radical (unpaired) electrons. The van der Waals surface area contributed by atoms with E-state index in [0.29, 0.717) is 11.4 Å². The number of nitrogens with zero attached hydrogens (tertiary/aromatic N) is 1. The lowest BCUT2D eigenvalue weighted by Gasteiger charge is -2.09. The van der Waals surface area contributed by atoms with Crippen molar-refractivity contribution >= 4 is 32.6 Å². The number of carbonyl (C=O) groups is 1. The molecule has 7 heteroatoms. The Morgan fingerprint density at radius 3 is 2.48 bits per heavy atom. The maximum absolute atomic E-state index is 12.2. The normalized spacial score (nSPS) is 11.4. The third-order valence-corrected chi connectivity index (χ3v) is 4.30. The Labute approximate surface area is 146 Å². The number of hydrogen-bond acceptors (Lipinski definition) is 4. The van der Waals surface area contributed by atoms with Crippen LogP contribution in [0.15, 0.2) is 54.6 Å². The fourth-order valence-electron chi connectivity index (χ4n) is 2.66. The molecule has 3 rings (SSSR count). The van der Waals surface area contributed by atoms with Gasteiger partial charge in [-0.2, -0.15) is 0 Å². The molecule has 1 heterocycles. The highest BCUT2D eigenvalue weighted by molar-refractivity contribution is 7.92. The van der Waals surface area contributed by atoms with Gasteiger partial charge in [-0.25, -0.2) is 13.2 Å². The molecule has 0 fully saturated rings. The van der Waals surface area contributed by atoms with Gasteiger partial charge in [0.15, 0.2) is 0 Å². The zero-order valence-corrected chi connectivity index (χ0v) is 14.7. The van der Waals surface area contributed by atoms with Crippen LogP contribution in [0.3, 0.4) is 0 Å². The molecule has 0 amide bonds. The Kier molecular flexibility index (Phi) is 4.50. The summed E-state index contributed by atoms with van der Waals surface area (Å²) in [6.07, 6.45) is 1.07. The van der Waals surface area contributed by atoms with E-state index in [2.05, 4.69) is 4.72 Å². The number of carbonyl (C=O) groups excluding carboxylic acids is 1. The molecule has 0 saturated carbocycles. The average Bonchev–Trinajstić information content (AvgIpc) is 2.84. The van der Waals surface area contributed by atoms with Gasteiger partial charge in [0.1, 0.15) is 12.3 Å². The fourth-order valence-corrected chi connectivity index (χ4v) is 3.22. The van der Waals surface area contributed by atoms with Gasteiger partial charge < -0.3 is 9.30 Å². The summed E-state index contributed by atoms with van der Waals surface area (Å²) in [6, 6.07) is 16.0. The molecule has 0 bridgehead atoms. The molecule has 0 spiro atoms. The minimum Gasteiger partial charge on any atom is -0.425 e. The lowest BCUT2D eigenvalue weighted by molar-refractivity contribution is -0.135. The van der Waals surface area contributed by atoms with E-state index in [1.54, 1.807) is 24.3 Å². The number of rotatable bonds is 5. The Hall–Kier alpha value is -2.80. The van der Waals surface area contributed by atoms with Crippen LogP contribution in [-0.4, -0.2) is 25.2 Å². The second-order valence-corrected chi connectivity index (χ2v) is 7.55. The van der Waals surface area contributed by atoms with E-state index in [4.69, 9.17) is 4.74 Å². The van der Waals surface area contributed by atoms with E-state index in [1.807, 2.05) is 41.8 Å². The number of fused-ring (bicyclic) bond motifs is 1. The molecule has 1 N–H and O–H groups in total. The first-order valence-electron chi connectivity index (χ1n) is 7.65. The van der Waals surface area contributed by atoms with E-state index in [0.717, 1.165) is 22.9 Å². The number of anilines is 1. The predicted molar refractivity (Wildman–Crippen MR) is 97.2 cm³/mol. The van der Waals surface area contributed by atoms with Crippen molar-refractivity contribution < 1.29 is 17.9 Å².